The average molecular weight is 522 g/mol. The van der Waals surface area contributed by atoms with Crippen molar-refractivity contribution in [3.05, 3.63) is 59.3 Å². The van der Waals surface area contributed by atoms with Crippen molar-refractivity contribution in [2.45, 2.75) is 59.9 Å². The molecule has 9 heteroatoms. The summed E-state index contributed by atoms with van der Waals surface area (Å²) in [6.45, 7) is 13.9. The van der Waals surface area contributed by atoms with E-state index in [1.165, 1.54) is 12.0 Å². The number of nitrogens with one attached hydrogen (secondary N) is 2. The summed E-state index contributed by atoms with van der Waals surface area (Å²) in [4.78, 5) is 27.9. The number of rotatable bonds is 8. The summed E-state index contributed by atoms with van der Waals surface area (Å²) in [6.07, 6.45) is 0. The Morgan fingerprint density at radius 3 is 2.34 bits per heavy atom. The average Bonchev–Trinajstić information content (AvgIpc) is 3.28. The zero-order chi connectivity index (χ0) is 28.2. The SMILES string of the molecule is COc1ccc(NC(=O)N(CC(=O)Nc2cc(C(C)(C)C)nn2-c2cccc(C)c2C)C(C)C)c(OC)c1. The Labute approximate surface area is 225 Å². The molecule has 9 nitrogen and oxygen atoms in total. The quantitative estimate of drug-likeness (QED) is 0.397. The van der Waals surface area contributed by atoms with Gasteiger partial charge in [0.15, 0.2) is 0 Å². The maximum atomic E-state index is 13.3. The van der Waals surface area contributed by atoms with E-state index >= 15 is 0 Å². The lowest BCUT2D eigenvalue weighted by atomic mass is 9.92. The molecule has 0 saturated carbocycles. The van der Waals surface area contributed by atoms with Gasteiger partial charge in [0, 0.05) is 23.6 Å². The predicted molar refractivity (Wildman–Crippen MR) is 151 cm³/mol. The third-order valence-electron chi connectivity index (χ3n) is 6.40. The van der Waals surface area contributed by atoms with E-state index in [2.05, 4.69) is 31.4 Å². The smallest absolute Gasteiger partial charge is 0.322 e. The minimum atomic E-state index is -0.419. The number of carbonyl (C=O) groups excluding carboxylic acids is 2. The molecule has 0 radical (unpaired) electrons. The van der Waals surface area contributed by atoms with Crippen molar-refractivity contribution in [1.82, 2.24) is 14.7 Å². The molecule has 0 aliphatic carbocycles. The molecular formula is C29H39N5O4. The van der Waals surface area contributed by atoms with Crippen LogP contribution in [0.1, 0.15) is 51.4 Å². The number of methoxy groups -OCH3 is 2. The van der Waals surface area contributed by atoms with Crippen LogP contribution in [-0.4, -0.2) is 53.4 Å². The number of hydrogen-bond donors (Lipinski definition) is 2. The van der Waals surface area contributed by atoms with E-state index in [0.717, 1.165) is 22.5 Å². The van der Waals surface area contributed by atoms with Crippen LogP contribution in [0.5, 0.6) is 11.5 Å². The van der Waals surface area contributed by atoms with Gasteiger partial charge in [0.05, 0.1) is 31.3 Å². The fourth-order valence-corrected chi connectivity index (χ4v) is 3.90. The Kier molecular flexibility index (Phi) is 8.70. The van der Waals surface area contributed by atoms with Gasteiger partial charge in [0.2, 0.25) is 5.91 Å². The fourth-order valence-electron chi connectivity index (χ4n) is 3.90. The van der Waals surface area contributed by atoms with Gasteiger partial charge in [-0.3, -0.25) is 4.79 Å². The molecule has 3 amide bonds. The van der Waals surface area contributed by atoms with Crippen molar-refractivity contribution < 1.29 is 19.1 Å². The maximum Gasteiger partial charge on any atom is 0.322 e. The van der Waals surface area contributed by atoms with E-state index in [-0.39, 0.29) is 23.9 Å². The number of aromatic nitrogens is 2. The molecule has 38 heavy (non-hydrogen) atoms. The summed E-state index contributed by atoms with van der Waals surface area (Å²) in [5.74, 6) is 1.28. The van der Waals surface area contributed by atoms with Gasteiger partial charge in [0.25, 0.3) is 0 Å². The van der Waals surface area contributed by atoms with Crippen LogP contribution in [0, 0.1) is 13.8 Å². The van der Waals surface area contributed by atoms with Crippen LogP contribution < -0.4 is 20.1 Å². The molecule has 0 bridgehead atoms. The number of benzene rings is 2. The van der Waals surface area contributed by atoms with Crippen LogP contribution in [0.15, 0.2) is 42.5 Å². The Hall–Kier alpha value is -4.01. The van der Waals surface area contributed by atoms with Crippen molar-refractivity contribution in [2.24, 2.45) is 0 Å². The van der Waals surface area contributed by atoms with Gasteiger partial charge < -0.3 is 25.0 Å². The lowest BCUT2D eigenvalue weighted by Gasteiger charge is -2.27. The number of aryl methyl sites for hydroxylation is 1. The summed E-state index contributed by atoms with van der Waals surface area (Å²) in [7, 11) is 3.08. The first-order valence-electron chi connectivity index (χ1n) is 12.6. The minimum absolute atomic E-state index is 0.148. The van der Waals surface area contributed by atoms with E-state index < -0.39 is 6.03 Å². The molecule has 0 fully saturated rings. The summed E-state index contributed by atoms with van der Waals surface area (Å²) in [5, 5.41) is 10.7. The largest absolute Gasteiger partial charge is 0.497 e. The Morgan fingerprint density at radius 1 is 1.03 bits per heavy atom. The third-order valence-corrected chi connectivity index (χ3v) is 6.40. The van der Waals surface area contributed by atoms with Crippen LogP contribution in [0.25, 0.3) is 5.69 Å². The molecule has 0 atom stereocenters. The lowest BCUT2D eigenvalue weighted by molar-refractivity contribution is -0.117. The molecule has 3 rings (SSSR count). The lowest BCUT2D eigenvalue weighted by Crippen LogP contribution is -2.44. The number of nitrogens with zero attached hydrogens (tertiary/aromatic N) is 3. The Balaban J connectivity index is 1.85. The van der Waals surface area contributed by atoms with E-state index in [4.69, 9.17) is 14.6 Å². The number of anilines is 2. The number of hydrogen-bond acceptors (Lipinski definition) is 5. The topological polar surface area (TPSA) is 97.7 Å². The van der Waals surface area contributed by atoms with E-state index in [1.807, 2.05) is 52.0 Å². The van der Waals surface area contributed by atoms with Gasteiger partial charge >= 0.3 is 6.03 Å². The highest BCUT2D eigenvalue weighted by molar-refractivity contribution is 5.97. The summed E-state index contributed by atoms with van der Waals surface area (Å²) in [6, 6.07) is 12.3. The van der Waals surface area contributed by atoms with Gasteiger partial charge in [0.1, 0.15) is 23.9 Å². The first kappa shape index (κ1) is 28.6. The van der Waals surface area contributed by atoms with Crippen LogP contribution in [0.2, 0.25) is 0 Å². The molecule has 1 heterocycles. The van der Waals surface area contributed by atoms with Crippen molar-refractivity contribution in [3.8, 4) is 17.2 Å². The zero-order valence-electron chi connectivity index (χ0n) is 23.8. The second-order valence-corrected chi connectivity index (χ2v) is 10.6. The maximum absolute atomic E-state index is 13.3. The summed E-state index contributed by atoms with van der Waals surface area (Å²) >= 11 is 0. The molecule has 2 N–H and O–H groups in total. The van der Waals surface area contributed by atoms with Crippen molar-refractivity contribution >= 4 is 23.4 Å². The molecule has 1 aromatic heterocycles. The van der Waals surface area contributed by atoms with Crippen LogP contribution in [-0.2, 0) is 10.2 Å². The highest BCUT2D eigenvalue weighted by atomic mass is 16.5. The highest BCUT2D eigenvalue weighted by Crippen LogP contribution is 2.30. The summed E-state index contributed by atoms with van der Waals surface area (Å²) in [5.41, 5.74) is 4.20. The molecule has 0 aliphatic rings. The number of urea groups is 1. The zero-order valence-corrected chi connectivity index (χ0v) is 23.8. The number of amides is 3. The first-order valence-corrected chi connectivity index (χ1v) is 12.6. The van der Waals surface area contributed by atoms with Gasteiger partial charge in [-0.25, -0.2) is 9.48 Å². The summed E-state index contributed by atoms with van der Waals surface area (Å²) < 4.78 is 12.4. The Bertz CT molecular complexity index is 1310. The van der Waals surface area contributed by atoms with Gasteiger partial charge in [-0.2, -0.15) is 5.10 Å². The molecular weight excluding hydrogens is 482 g/mol. The van der Waals surface area contributed by atoms with Crippen molar-refractivity contribution in [2.75, 3.05) is 31.4 Å². The van der Waals surface area contributed by atoms with Gasteiger partial charge in [-0.1, -0.05) is 32.9 Å². The van der Waals surface area contributed by atoms with Crippen LogP contribution in [0.3, 0.4) is 0 Å². The van der Waals surface area contributed by atoms with E-state index in [1.54, 1.807) is 30.0 Å². The predicted octanol–water partition coefficient (Wildman–Crippen LogP) is 5.68. The molecule has 0 spiro atoms. The minimum Gasteiger partial charge on any atom is -0.497 e. The van der Waals surface area contributed by atoms with Crippen molar-refractivity contribution in [1.29, 1.82) is 0 Å². The standard InChI is InChI=1S/C29H39N5O4/c1-18(2)33(28(36)30-22-14-13-21(37-8)15-24(22)38-9)17-27(35)31-26-16-25(29(5,6)7)32-34(26)23-12-10-11-19(3)20(23)4/h10-16,18H,17H2,1-9H3,(H,30,36)(H,31,35). The van der Waals surface area contributed by atoms with E-state index in [0.29, 0.717) is 23.0 Å². The molecule has 2 aromatic carbocycles. The molecule has 3 aromatic rings. The van der Waals surface area contributed by atoms with Crippen molar-refractivity contribution in [3.63, 3.8) is 0 Å². The highest BCUT2D eigenvalue weighted by Gasteiger charge is 2.25. The third kappa shape index (κ3) is 6.45. The first-order chi connectivity index (χ1) is 17.8. The molecule has 204 valence electrons. The van der Waals surface area contributed by atoms with Gasteiger partial charge in [-0.05, 0) is 57.0 Å². The monoisotopic (exact) mass is 521 g/mol. The van der Waals surface area contributed by atoms with Gasteiger partial charge in [-0.15, -0.1) is 0 Å². The van der Waals surface area contributed by atoms with Crippen LogP contribution in [0.4, 0.5) is 16.3 Å². The van der Waals surface area contributed by atoms with E-state index in [9.17, 15) is 9.59 Å². The normalized spacial score (nSPS) is 11.3. The molecule has 0 unspecified atom stereocenters. The molecule has 0 saturated heterocycles. The second kappa shape index (κ2) is 11.6. The molecule has 0 aliphatic heterocycles. The van der Waals surface area contributed by atoms with Crippen LogP contribution >= 0.6 is 0 Å². The number of carbonyl (C=O) groups is 2. The fraction of sp³-hybridized carbons (Fsp3) is 0.414. The number of ether oxygens (including phenoxy) is 2. The Morgan fingerprint density at radius 2 is 1.74 bits per heavy atom. The second-order valence-electron chi connectivity index (χ2n) is 10.6.